The average molecular weight is 1450 g/mol. The molecule has 0 spiro atoms. The summed E-state index contributed by atoms with van der Waals surface area (Å²) in [7, 11) is 0. The van der Waals surface area contributed by atoms with Gasteiger partial charge in [0.25, 0.3) is 0 Å². The Labute approximate surface area is 661 Å². The zero-order chi connectivity index (χ0) is 74.8. The largest absolute Gasteiger partial charge is 0.296 e. The third-order valence-corrected chi connectivity index (χ3v) is 25.2. The van der Waals surface area contributed by atoms with Crippen molar-refractivity contribution >= 4 is 0 Å². The number of rotatable bonds is 90. The SMILES string of the molecule is CCCCCCCCCCCCc1c(CCCCCCCCCCCC)c(CCCCCCCCCCCC)c(C(CCCCCCCCCCCC)N(CCCCCCCCCCCC)CCCCCCCCCCCC)c(CCCCCCCCCCCC)c1CCCCCCCCCCCC. The fraction of sp³-hybridized carbons (Fsp3) is 0.942. The third kappa shape index (κ3) is 62.8. The number of unbranched alkanes of at least 4 members (excludes halogenated alkanes) is 72. The van der Waals surface area contributed by atoms with E-state index >= 15 is 0 Å². The Kier molecular flexibility index (Phi) is 82.3. The molecule has 0 radical (unpaired) electrons. The minimum atomic E-state index is 0.585. The molecule has 1 unspecified atom stereocenters. The maximum absolute atomic E-state index is 3.33. The van der Waals surface area contributed by atoms with E-state index in [4.69, 9.17) is 0 Å². The van der Waals surface area contributed by atoms with Gasteiger partial charge in [-0.25, -0.2) is 0 Å². The van der Waals surface area contributed by atoms with Crippen molar-refractivity contribution in [3.8, 4) is 0 Å². The summed E-state index contributed by atoms with van der Waals surface area (Å²) >= 11 is 0. The van der Waals surface area contributed by atoms with E-state index in [-0.39, 0.29) is 0 Å². The Balaban J connectivity index is 4.51. The third-order valence-electron chi connectivity index (χ3n) is 25.2. The molecule has 1 aromatic rings. The van der Waals surface area contributed by atoms with E-state index in [1.54, 1.807) is 0 Å². The summed E-state index contributed by atoms with van der Waals surface area (Å²) in [6.45, 7) is 21.8. The molecule has 0 amide bonds. The summed E-state index contributed by atoms with van der Waals surface area (Å²) in [6, 6.07) is 0.585. The monoisotopic (exact) mass is 1450 g/mol. The van der Waals surface area contributed by atoms with Gasteiger partial charge >= 0.3 is 0 Å². The van der Waals surface area contributed by atoms with Crippen molar-refractivity contribution in [3.05, 3.63) is 33.4 Å². The molecule has 104 heavy (non-hydrogen) atoms. The molecule has 1 aromatic carbocycles. The molecule has 0 aliphatic rings. The van der Waals surface area contributed by atoms with E-state index in [0.717, 1.165) is 0 Å². The van der Waals surface area contributed by atoms with Crippen molar-refractivity contribution in [1.29, 1.82) is 0 Å². The van der Waals surface area contributed by atoms with Crippen LogP contribution < -0.4 is 0 Å². The number of nitrogens with zero attached hydrogens (tertiary/aromatic N) is 1. The predicted octanol–water partition coefficient (Wildman–Crippen LogP) is 37.5. The number of benzene rings is 1. The zero-order valence-corrected chi connectivity index (χ0v) is 74.2. The second kappa shape index (κ2) is 84.6. The van der Waals surface area contributed by atoms with Gasteiger partial charge in [0.1, 0.15) is 0 Å². The van der Waals surface area contributed by atoms with Gasteiger partial charge in [0.2, 0.25) is 0 Å². The number of hydrogen-bond acceptors (Lipinski definition) is 1. The Morgan fingerprint density at radius 3 is 0.462 bits per heavy atom. The highest BCUT2D eigenvalue weighted by atomic mass is 15.2. The summed E-state index contributed by atoms with van der Waals surface area (Å²) in [5, 5.41) is 0. The van der Waals surface area contributed by atoms with Gasteiger partial charge in [-0.1, -0.05) is 524 Å². The van der Waals surface area contributed by atoms with Crippen LogP contribution >= 0.6 is 0 Å². The maximum Gasteiger partial charge on any atom is 0.0353 e. The molecule has 0 saturated carbocycles. The smallest absolute Gasteiger partial charge is 0.0353 e. The summed E-state index contributed by atoms with van der Waals surface area (Å²) in [5.74, 6) is 0. The molecule has 0 N–H and O–H groups in total. The van der Waals surface area contributed by atoms with Crippen LogP contribution in [-0.4, -0.2) is 18.0 Å². The Morgan fingerprint density at radius 1 is 0.144 bits per heavy atom. The van der Waals surface area contributed by atoms with Crippen molar-refractivity contribution in [2.45, 2.75) is 614 Å². The van der Waals surface area contributed by atoms with E-state index in [0.29, 0.717) is 6.04 Å². The molecule has 1 atom stereocenters. The van der Waals surface area contributed by atoms with Gasteiger partial charge in [0.15, 0.2) is 0 Å². The topological polar surface area (TPSA) is 3.24 Å². The van der Waals surface area contributed by atoms with Crippen molar-refractivity contribution in [1.82, 2.24) is 4.90 Å². The Hall–Kier alpha value is -0.820. The average Bonchev–Trinajstić information content (AvgIpc) is 0.754. The first-order valence-electron chi connectivity index (χ1n) is 50.5. The normalized spacial score (nSPS) is 12.2. The van der Waals surface area contributed by atoms with E-state index in [2.05, 4.69) is 60.3 Å². The molecule has 0 heterocycles. The van der Waals surface area contributed by atoms with Gasteiger partial charge in [-0.05, 0) is 130 Å². The van der Waals surface area contributed by atoms with E-state index < -0.39 is 0 Å². The highest BCUT2D eigenvalue weighted by Crippen LogP contribution is 2.43. The van der Waals surface area contributed by atoms with Crippen molar-refractivity contribution in [3.63, 3.8) is 0 Å². The molecule has 1 rings (SSSR count). The van der Waals surface area contributed by atoms with Crippen LogP contribution in [0.15, 0.2) is 0 Å². The minimum Gasteiger partial charge on any atom is -0.296 e. The molecular formula is C103H201N. The van der Waals surface area contributed by atoms with Crippen LogP contribution in [0.2, 0.25) is 0 Å². The lowest BCUT2D eigenvalue weighted by Crippen LogP contribution is -2.33. The van der Waals surface area contributed by atoms with Crippen LogP contribution in [0.4, 0.5) is 0 Å². The quantitative estimate of drug-likeness (QED) is 0.0588. The van der Waals surface area contributed by atoms with Crippen LogP contribution in [0.1, 0.15) is 615 Å². The fourth-order valence-corrected chi connectivity index (χ4v) is 18.2. The summed E-state index contributed by atoms with van der Waals surface area (Å²) < 4.78 is 0. The second-order valence-electron chi connectivity index (χ2n) is 35.4. The molecular weight excluding hydrogens is 1250 g/mol. The van der Waals surface area contributed by atoms with Gasteiger partial charge in [-0.3, -0.25) is 4.90 Å². The lowest BCUT2D eigenvalue weighted by molar-refractivity contribution is 0.174. The standard InChI is InChI=1S/C103H201N/c1-9-17-25-33-41-49-57-65-73-81-89-97-98(90-82-74-66-58-50-42-34-26-18-10-2)100(92-84-76-68-60-52-44-36-28-20-12-4)103(101(93-85-77-69-61-53-45-37-29-21-13-5)99(97)91-83-75-67-59-51-43-35-27-19-11-3)102(94-86-78-70-62-54-46-38-30-22-14-6)104(95-87-79-71-63-55-47-39-31-23-15-7)96-88-80-72-64-56-48-40-32-24-16-8/h102H,9-96H2,1-8H3. The first-order chi connectivity index (χ1) is 51.6. The lowest BCUT2D eigenvalue weighted by Gasteiger charge is -2.38. The molecule has 0 aliphatic heterocycles. The highest BCUT2D eigenvalue weighted by Gasteiger charge is 2.31. The van der Waals surface area contributed by atoms with Crippen LogP contribution in [0.5, 0.6) is 0 Å². The van der Waals surface area contributed by atoms with Gasteiger partial charge in [0, 0.05) is 6.04 Å². The Morgan fingerprint density at radius 2 is 0.279 bits per heavy atom. The molecule has 0 fully saturated rings. The summed E-state index contributed by atoms with van der Waals surface area (Å²) in [4.78, 5) is 3.33. The minimum absolute atomic E-state index is 0.585. The van der Waals surface area contributed by atoms with E-state index in [9.17, 15) is 0 Å². The zero-order valence-electron chi connectivity index (χ0n) is 74.2. The van der Waals surface area contributed by atoms with Crippen molar-refractivity contribution in [2.75, 3.05) is 13.1 Å². The predicted molar refractivity (Wildman–Crippen MR) is 479 cm³/mol. The molecule has 1 nitrogen and oxygen atoms in total. The van der Waals surface area contributed by atoms with Crippen LogP contribution in [0, 0.1) is 0 Å². The second-order valence-corrected chi connectivity index (χ2v) is 35.4. The molecule has 0 aliphatic carbocycles. The molecule has 0 bridgehead atoms. The maximum atomic E-state index is 3.33. The number of hydrogen-bond donors (Lipinski definition) is 0. The highest BCUT2D eigenvalue weighted by molar-refractivity contribution is 5.54. The van der Waals surface area contributed by atoms with Crippen LogP contribution in [0.25, 0.3) is 0 Å². The van der Waals surface area contributed by atoms with Crippen LogP contribution in [0.3, 0.4) is 0 Å². The molecule has 1 heteroatoms. The Bertz CT molecular complexity index is 1680. The van der Waals surface area contributed by atoms with Crippen molar-refractivity contribution < 1.29 is 0 Å². The fourth-order valence-electron chi connectivity index (χ4n) is 18.2. The van der Waals surface area contributed by atoms with E-state index in [1.165, 1.54) is 565 Å². The molecule has 618 valence electrons. The molecule has 0 aromatic heterocycles. The van der Waals surface area contributed by atoms with Gasteiger partial charge < -0.3 is 0 Å². The summed E-state index contributed by atoms with van der Waals surface area (Å²) in [6.07, 6.45) is 124. The van der Waals surface area contributed by atoms with Gasteiger partial charge in [-0.2, -0.15) is 0 Å². The first-order valence-corrected chi connectivity index (χ1v) is 50.5. The first kappa shape index (κ1) is 101. The van der Waals surface area contributed by atoms with Crippen molar-refractivity contribution in [2.24, 2.45) is 0 Å². The van der Waals surface area contributed by atoms with Crippen LogP contribution in [-0.2, 0) is 32.1 Å². The lowest BCUT2D eigenvalue weighted by atomic mass is 9.75. The van der Waals surface area contributed by atoms with Gasteiger partial charge in [0.05, 0.1) is 0 Å². The molecule has 0 saturated heterocycles. The summed E-state index contributed by atoms with van der Waals surface area (Å²) in [5.41, 5.74) is 12.0. The van der Waals surface area contributed by atoms with Gasteiger partial charge in [-0.15, -0.1) is 0 Å². The van der Waals surface area contributed by atoms with E-state index in [1.807, 2.05) is 33.4 Å².